The zero-order chi connectivity index (χ0) is 20.9. The van der Waals surface area contributed by atoms with Crippen LogP contribution in [0.25, 0.3) is 5.69 Å². The van der Waals surface area contributed by atoms with Gasteiger partial charge in [0.1, 0.15) is 5.82 Å². The summed E-state index contributed by atoms with van der Waals surface area (Å²) in [7, 11) is 0. The largest absolute Gasteiger partial charge is 0.347 e. The second-order valence-electron chi connectivity index (χ2n) is 7.98. The summed E-state index contributed by atoms with van der Waals surface area (Å²) in [5, 5.41) is 10.2. The fourth-order valence-electron chi connectivity index (χ4n) is 2.74. The first-order chi connectivity index (χ1) is 13.1. The first kappa shape index (κ1) is 22.0. The van der Waals surface area contributed by atoms with Crippen molar-refractivity contribution in [1.82, 2.24) is 15.1 Å². The van der Waals surface area contributed by atoms with Crippen LogP contribution in [-0.2, 0) is 15.0 Å². The highest BCUT2D eigenvalue weighted by Crippen LogP contribution is 2.27. The lowest BCUT2D eigenvalue weighted by atomic mass is 9.92. The molecule has 1 heterocycles. The van der Waals surface area contributed by atoms with Crippen LogP contribution in [0.1, 0.15) is 50.4 Å². The number of aryl methyl sites for hydroxylation is 2. The minimum Gasteiger partial charge on any atom is -0.347 e. The molecule has 7 heteroatoms. The summed E-state index contributed by atoms with van der Waals surface area (Å²) in [6.45, 7) is 10.2. The Labute approximate surface area is 171 Å². The molecule has 0 atom stereocenters. The van der Waals surface area contributed by atoms with Crippen molar-refractivity contribution in [2.24, 2.45) is 0 Å². The molecule has 28 heavy (non-hydrogen) atoms. The van der Waals surface area contributed by atoms with Gasteiger partial charge in [-0.05, 0) is 31.9 Å². The average Bonchev–Trinajstić information content (AvgIpc) is 3.02. The molecule has 1 aromatic heterocycles. The Morgan fingerprint density at radius 1 is 1.14 bits per heavy atom. The van der Waals surface area contributed by atoms with E-state index in [1.54, 1.807) is 4.68 Å². The summed E-state index contributed by atoms with van der Waals surface area (Å²) in [5.41, 5.74) is 3.83. The van der Waals surface area contributed by atoms with Crippen LogP contribution in [0.2, 0.25) is 0 Å². The van der Waals surface area contributed by atoms with E-state index in [-0.39, 0.29) is 23.8 Å². The van der Waals surface area contributed by atoms with E-state index in [4.69, 9.17) is 16.7 Å². The SMILES string of the molecule is Cc1ccc(-n2nc(C(C)(C)C)cc2NC(=O)CNC(=O)CCCCl)c(C)c1. The second kappa shape index (κ2) is 9.24. The van der Waals surface area contributed by atoms with Gasteiger partial charge in [0.15, 0.2) is 0 Å². The third-order valence-electron chi connectivity index (χ3n) is 4.31. The van der Waals surface area contributed by atoms with Crippen LogP contribution < -0.4 is 10.6 Å². The Hall–Kier alpha value is -2.34. The molecule has 0 aliphatic carbocycles. The number of nitrogens with one attached hydrogen (secondary N) is 2. The van der Waals surface area contributed by atoms with Crippen molar-refractivity contribution in [2.45, 2.75) is 52.9 Å². The number of hydrogen-bond donors (Lipinski definition) is 2. The summed E-state index contributed by atoms with van der Waals surface area (Å²) in [6, 6.07) is 7.97. The maximum Gasteiger partial charge on any atom is 0.244 e. The minimum atomic E-state index is -0.300. The van der Waals surface area contributed by atoms with E-state index >= 15 is 0 Å². The van der Waals surface area contributed by atoms with Crippen LogP contribution in [-0.4, -0.2) is 34.0 Å². The highest BCUT2D eigenvalue weighted by molar-refractivity contribution is 6.17. The molecule has 2 aromatic rings. The number of aromatic nitrogens is 2. The number of carbonyl (C=O) groups excluding carboxylic acids is 2. The molecule has 2 rings (SSSR count). The molecule has 0 spiro atoms. The van der Waals surface area contributed by atoms with E-state index in [1.165, 1.54) is 0 Å². The summed E-state index contributed by atoms with van der Waals surface area (Å²) in [5.74, 6) is 0.515. The van der Waals surface area contributed by atoms with Gasteiger partial charge in [0.25, 0.3) is 0 Å². The Bertz CT molecular complexity index is 853. The first-order valence-electron chi connectivity index (χ1n) is 9.42. The molecule has 0 fully saturated rings. The van der Waals surface area contributed by atoms with E-state index in [2.05, 4.69) is 37.5 Å². The molecule has 1 aromatic carbocycles. The predicted molar refractivity (Wildman–Crippen MR) is 113 cm³/mol. The van der Waals surface area contributed by atoms with Gasteiger partial charge in [-0.3, -0.25) is 9.59 Å². The lowest BCUT2D eigenvalue weighted by Crippen LogP contribution is -2.33. The van der Waals surface area contributed by atoms with Crippen molar-refractivity contribution in [2.75, 3.05) is 17.7 Å². The molecular weight excluding hydrogens is 376 g/mol. The van der Waals surface area contributed by atoms with Crippen LogP contribution >= 0.6 is 11.6 Å². The van der Waals surface area contributed by atoms with Gasteiger partial charge in [-0.15, -0.1) is 11.6 Å². The van der Waals surface area contributed by atoms with Crippen molar-refractivity contribution >= 4 is 29.2 Å². The van der Waals surface area contributed by atoms with Crippen LogP contribution in [0.5, 0.6) is 0 Å². The number of anilines is 1. The highest BCUT2D eigenvalue weighted by Gasteiger charge is 2.22. The van der Waals surface area contributed by atoms with Crippen LogP contribution in [0.4, 0.5) is 5.82 Å². The molecular formula is C21H29ClN4O2. The molecule has 0 saturated heterocycles. The van der Waals surface area contributed by atoms with Crippen molar-refractivity contribution in [1.29, 1.82) is 0 Å². The number of halogens is 1. The quantitative estimate of drug-likeness (QED) is 0.688. The molecule has 0 radical (unpaired) electrons. The molecule has 0 aliphatic rings. The molecule has 2 amide bonds. The number of benzene rings is 1. The Balaban J connectivity index is 2.24. The van der Waals surface area contributed by atoms with E-state index in [0.717, 1.165) is 22.5 Å². The van der Waals surface area contributed by atoms with Gasteiger partial charge in [-0.2, -0.15) is 5.10 Å². The third kappa shape index (κ3) is 5.83. The highest BCUT2D eigenvalue weighted by atomic mass is 35.5. The van der Waals surface area contributed by atoms with Gasteiger partial charge < -0.3 is 10.6 Å². The smallest absolute Gasteiger partial charge is 0.244 e. The summed E-state index contributed by atoms with van der Waals surface area (Å²) >= 11 is 5.58. The minimum absolute atomic E-state index is 0.0932. The molecule has 2 N–H and O–H groups in total. The Morgan fingerprint density at radius 3 is 2.46 bits per heavy atom. The number of hydrogen-bond acceptors (Lipinski definition) is 3. The molecule has 0 aliphatic heterocycles. The van der Waals surface area contributed by atoms with Gasteiger partial charge in [0.2, 0.25) is 11.8 Å². The van der Waals surface area contributed by atoms with E-state index < -0.39 is 0 Å². The number of alkyl halides is 1. The van der Waals surface area contributed by atoms with E-state index in [0.29, 0.717) is 24.5 Å². The lowest BCUT2D eigenvalue weighted by Gasteiger charge is -2.14. The van der Waals surface area contributed by atoms with Gasteiger partial charge in [0, 0.05) is 23.8 Å². The van der Waals surface area contributed by atoms with Crippen molar-refractivity contribution in [3.8, 4) is 5.69 Å². The first-order valence-corrected chi connectivity index (χ1v) is 9.96. The number of rotatable bonds is 7. The van der Waals surface area contributed by atoms with Crippen molar-refractivity contribution in [3.05, 3.63) is 41.1 Å². The van der Waals surface area contributed by atoms with E-state index in [9.17, 15) is 9.59 Å². The van der Waals surface area contributed by atoms with Crippen LogP contribution in [0.15, 0.2) is 24.3 Å². The fourth-order valence-corrected chi connectivity index (χ4v) is 2.88. The van der Waals surface area contributed by atoms with E-state index in [1.807, 2.05) is 32.0 Å². The summed E-state index contributed by atoms with van der Waals surface area (Å²) in [6.07, 6.45) is 0.898. The summed E-state index contributed by atoms with van der Waals surface area (Å²) in [4.78, 5) is 24.1. The molecule has 152 valence electrons. The Kier molecular flexibility index (Phi) is 7.24. The number of nitrogens with zero attached hydrogens (tertiary/aromatic N) is 2. The standard InChI is InChI=1S/C21H29ClN4O2/c1-14-8-9-16(15(2)11-14)26-18(12-17(25-26)21(3,4)5)24-20(28)13-23-19(27)7-6-10-22/h8-9,11-12H,6-7,10,13H2,1-5H3,(H,23,27)(H,24,28). The van der Waals surface area contributed by atoms with Gasteiger partial charge >= 0.3 is 0 Å². The van der Waals surface area contributed by atoms with Gasteiger partial charge in [0.05, 0.1) is 17.9 Å². The van der Waals surface area contributed by atoms with Crippen molar-refractivity contribution < 1.29 is 9.59 Å². The average molecular weight is 405 g/mol. The topological polar surface area (TPSA) is 76.0 Å². The summed E-state index contributed by atoms with van der Waals surface area (Å²) < 4.78 is 1.75. The number of carbonyl (C=O) groups is 2. The number of amides is 2. The molecule has 0 unspecified atom stereocenters. The Morgan fingerprint density at radius 2 is 1.86 bits per heavy atom. The van der Waals surface area contributed by atoms with Gasteiger partial charge in [-0.25, -0.2) is 4.68 Å². The zero-order valence-corrected chi connectivity index (χ0v) is 18.0. The van der Waals surface area contributed by atoms with Crippen LogP contribution in [0, 0.1) is 13.8 Å². The predicted octanol–water partition coefficient (Wildman–Crippen LogP) is 3.86. The van der Waals surface area contributed by atoms with Gasteiger partial charge in [-0.1, -0.05) is 38.5 Å². The van der Waals surface area contributed by atoms with Crippen LogP contribution in [0.3, 0.4) is 0 Å². The molecule has 0 bridgehead atoms. The molecule has 6 nitrogen and oxygen atoms in total. The maximum absolute atomic E-state index is 12.4. The fraction of sp³-hybridized carbons (Fsp3) is 0.476. The lowest BCUT2D eigenvalue weighted by molar-refractivity contribution is -0.124. The normalized spacial score (nSPS) is 11.4. The zero-order valence-electron chi connectivity index (χ0n) is 17.2. The second-order valence-corrected chi connectivity index (χ2v) is 8.36. The molecule has 0 saturated carbocycles. The maximum atomic E-state index is 12.4. The monoisotopic (exact) mass is 404 g/mol. The van der Waals surface area contributed by atoms with Crippen molar-refractivity contribution in [3.63, 3.8) is 0 Å². The third-order valence-corrected chi connectivity index (χ3v) is 4.58.